The molecule has 2 rings (SSSR count). The number of benzene rings is 1. The molecule has 3 heteroatoms. The number of hydrogen-bond acceptors (Lipinski definition) is 3. The Morgan fingerprint density at radius 1 is 1.50 bits per heavy atom. The summed E-state index contributed by atoms with van der Waals surface area (Å²) in [5.74, 6) is 0. The summed E-state index contributed by atoms with van der Waals surface area (Å²) in [6.07, 6.45) is 3.88. The fraction of sp³-hybridized carbons (Fsp3) is 0.462. The van der Waals surface area contributed by atoms with Gasteiger partial charge in [0, 0.05) is 6.54 Å². The van der Waals surface area contributed by atoms with Crippen molar-refractivity contribution in [3.63, 3.8) is 0 Å². The normalized spacial score (nSPS) is 17.2. The van der Waals surface area contributed by atoms with Crippen molar-refractivity contribution in [2.24, 2.45) is 5.41 Å². The molecule has 0 aliphatic heterocycles. The first kappa shape index (κ1) is 10.8. The zero-order valence-electron chi connectivity index (χ0n) is 9.59. The van der Waals surface area contributed by atoms with E-state index in [9.17, 15) is 0 Å². The van der Waals surface area contributed by atoms with Gasteiger partial charge >= 0.3 is 0 Å². The molecule has 1 fully saturated rings. The lowest BCUT2D eigenvalue weighted by atomic mass is 9.70. The van der Waals surface area contributed by atoms with Crippen LogP contribution in [0.5, 0.6) is 0 Å². The first-order valence-electron chi connectivity index (χ1n) is 5.67. The molecule has 0 bridgehead atoms. The number of anilines is 2. The highest BCUT2D eigenvalue weighted by atomic mass is 14.9. The van der Waals surface area contributed by atoms with E-state index in [-0.39, 0.29) is 0 Å². The average molecular weight is 215 g/mol. The lowest BCUT2D eigenvalue weighted by Crippen LogP contribution is -2.33. The summed E-state index contributed by atoms with van der Waals surface area (Å²) < 4.78 is 0. The molecular weight excluding hydrogens is 198 g/mol. The number of nitrogens with zero attached hydrogens (tertiary/aromatic N) is 1. The van der Waals surface area contributed by atoms with Gasteiger partial charge in [-0.25, -0.2) is 0 Å². The topological polar surface area (TPSA) is 61.8 Å². The average Bonchev–Trinajstić information content (AvgIpc) is 2.25. The Hall–Kier alpha value is -1.69. The minimum Gasteiger partial charge on any atom is -0.396 e. The molecule has 0 aromatic heterocycles. The second-order valence-electron chi connectivity index (χ2n) is 4.90. The Morgan fingerprint density at radius 3 is 2.81 bits per heavy atom. The third-order valence-electron chi connectivity index (χ3n) is 3.49. The van der Waals surface area contributed by atoms with Crippen LogP contribution in [0, 0.1) is 16.7 Å². The van der Waals surface area contributed by atoms with Crippen LogP contribution in [0.3, 0.4) is 0 Å². The standard InChI is InChI=1S/C13H17N3/c1-13(6-3-7-13)9-16-11-5-2-4-10(8-14)12(11)15/h2,4-5,16H,3,6-7,9,15H2,1H3. The van der Waals surface area contributed by atoms with Crippen molar-refractivity contribution in [3.05, 3.63) is 23.8 Å². The molecule has 0 heterocycles. The highest BCUT2D eigenvalue weighted by Gasteiger charge is 2.31. The van der Waals surface area contributed by atoms with E-state index in [0.29, 0.717) is 16.7 Å². The Balaban J connectivity index is 2.07. The zero-order valence-corrected chi connectivity index (χ0v) is 9.59. The van der Waals surface area contributed by atoms with Gasteiger partial charge in [0.15, 0.2) is 0 Å². The van der Waals surface area contributed by atoms with E-state index in [0.717, 1.165) is 12.2 Å². The largest absolute Gasteiger partial charge is 0.396 e. The number of rotatable bonds is 3. The van der Waals surface area contributed by atoms with Crippen molar-refractivity contribution in [3.8, 4) is 6.07 Å². The lowest BCUT2D eigenvalue weighted by Gasteiger charge is -2.38. The molecule has 1 aromatic rings. The number of hydrogen-bond donors (Lipinski definition) is 2. The summed E-state index contributed by atoms with van der Waals surface area (Å²) in [4.78, 5) is 0. The van der Waals surface area contributed by atoms with E-state index >= 15 is 0 Å². The molecule has 3 N–H and O–H groups in total. The van der Waals surface area contributed by atoms with Gasteiger partial charge in [-0.2, -0.15) is 5.26 Å². The smallest absolute Gasteiger partial charge is 0.101 e. The van der Waals surface area contributed by atoms with Crippen molar-refractivity contribution in [2.45, 2.75) is 26.2 Å². The number of nitriles is 1. The molecule has 0 unspecified atom stereocenters. The highest BCUT2D eigenvalue weighted by Crippen LogP contribution is 2.40. The first-order chi connectivity index (χ1) is 7.64. The van der Waals surface area contributed by atoms with Gasteiger partial charge in [0.2, 0.25) is 0 Å². The van der Waals surface area contributed by atoms with Crippen molar-refractivity contribution < 1.29 is 0 Å². The Bertz CT molecular complexity index is 427. The first-order valence-corrected chi connectivity index (χ1v) is 5.67. The quantitative estimate of drug-likeness (QED) is 0.762. The van der Waals surface area contributed by atoms with Crippen LogP contribution < -0.4 is 11.1 Å². The van der Waals surface area contributed by atoms with Gasteiger partial charge in [-0.05, 0) is 30.4 Å². The van der Waals surface area contributed by atoms with Gasteiger partial charge in [-0.1, -0.05) is 19.4 Å². The third kappa shape index (κ3) is 1.96. The number of nitrogens with one attached hydrogen (secondary N) is 1. The van der Waals surface area contributed by atoms with Crippen LogP contribution in [-0.2, 0) is 0 Å². The van der Waals surface area contributed by atoms with Gasteiger partial charge < -0.3 is 11.1 Å². The predicted molar refractivity (Wildman–Crippen MR) is 66.0 cm³/mol. The van der Waals surface area contributed by atoms with E-state index in [1.807, 2.05) is 12.1 Å². The SMILES string of the molecule is CC1(CNc2cccc(C#N)c2N)CCC1. The van der Waals surface area contributed by atoms with Gasteiger partial charge in [0.05, 0.1) is 16.9 Å². The molecule has 0 amide bonds. The molecule has 1 aliphatic rings. The van der Waals surface area contributed by atoms with Crippen LogP contribution in [0.4, 0.5) is 11.4 Å². The molecule has 3 nitrogen and oxygen atoms in total. The Labute approximate surface area is 96.3 Å². The van der Waals surface area contributed by atoms with Crippen LogP contribution in [0.1, 0.15) is 31.7 Å². The second kappa shape index (κ2) is 4.05. The van der Waals surface area contributed by atoms with Crippen LogP contribution in [0.2, 0.25) is 0 Å². The highest BCUT2D eigenvalue weighted by molar-refractivity contribution is 5.72. The van der Waals surface area contributed by atoms with Gasteiger partial charge in [0.1, 0.15) is 6.07 Å². The van der Waals surface area contributed by atoms with Crippen molar-refractivity contribution >= 4 is 11.4 Å². The fourth-order valence-electron chi connectivity index (χ4n) is 2.08. The number of nitrogen functional groups attached to an aromatic ring is 1. The van der Waals surface area contributed by atoms with Crippen LogP contribution in [0.25, 0.3) is 0 Å². The van der Waals surface area contributed by atoms with E-state index in [4.69, 9.17) is 11.0 Å². The van der Waals surface area contributed by atoms with Crippen molar-refractivity contribution in [1.82, 2.24) is 0 Å². The summed E-state index contributed by atoms with van der Waals surface area (Å²) in [7, 11) is 0. The molecular formula is C13H17N3. The lowest BCUT2D eigenvalue weighted by molar-refractivity contribution is 0.180. The van der Waals surface area contributed by atoms with Gasteiger partial charge in [-0.3, -0.25) is 0 Å². The minimum atomic E-state index is 0.412. The molecule has 0 spiro atoms. The van der Waals surface area contributed by atoms with Crippen LogP contribution in [-0.4, -0.2) is 6.54 Å². The maximum Gasteiger partial charge on any atom is 0.101 e. The van der Waals surface area contributed by atoms with Crippen molar-refractivity contribution in [2.75, 3.05) is 17.6 Å². The van der Waals surface area contributed by atoms with Crippen LogP contribution >= 0.6 is 0 Å². The fourth-order valence-corrected chi connectivity index (χ4v) is 2.08. The molecule has 1 aromatic carbocycles. The summed E-state index contributed by atoms with van der Waals surface area (Å²) in [6.45, 7) is 3.22. The van der Waals surface area contributed by atoms with E-state index < -0.39 is 0 Å². The molecule has 84 valence electrons. The number of nitrogens with two attached hydrogens (primary N) is 1. The minimum absolute atomic E-state index is 0.412. The summed E-state index contributed by atoms with van der Waals surface area (Å²) >= 11 is 0. The maximum absolute atomic E-state index is 8.87. The number of para-hydroxylation sites is 1. The van der Waals surface area contributed by atoms with E-state index in [1.165, 1.54) is 19.3 Å². The molecule has 0 atom stereocenters. The second-order valence-corrected chi connectivity index (χ2v) is 4.90. The maximum atomic E-state index is 8.87. The summed E-state index contributed by atoms with van der Waals surface area (Å²) in [5.41, 5.74) is 8.30. The molecule has 16 heavy (non-hydrogen) atoms. The molecule has 1 aliphatic carbocycles. The van der Waals surface area contributed by atoms with Crippen LogP contribution in [0.15, 0.2) is 18.2 Å². The molecule has 1 saturated carbocycles. The molecule has 0 saturated heterocycles. The summed E-state index contributed by atoms with van der Waals surface area (Å²) in [6, 6.07) is 7.63. The van der Waals surface area contributed by atoms with E-state index in [2.05, 4.69) is 18.3 Å². The van der Waals surface area contributed by atoms with Gasteiger partial charge in [-0.15, -0.1) is 0 Å². The third-order valence-corrected chi connectivity index (χ3v) is 3.49. The van der Waals surface area contributed by atoms with Gasteiger partial charge in [0.25, 0.3) is 0 Å². The monoisotopic (exact) mass is 215 g/mol. The zero-order chi connectivity index (χ0) is 11.6. The summed E-state index contributed by atoms with van der Waals surface area (Å²) in [5, 5.41) is 12.2. The van der Waals surface area contributed by atoms with E-state index in [1.54, 1.807) is 6.07 Å². The molecule has 0 radical (unpaired) electrons. The Kier molecular flexibility index (Phi) is 2.74. The predicted octanol–water partition coefficient (Wildman–Crippen LogP) is 2.74. The Morgan fingerprint density at radius 2 is 2.25 bits per heavy atom. The van der Waals surface area contributed by atoms with Crippen molar-refractivity contribution in [1.29, 1.82) is 5.26 Å².